The molecule has 0 aromatic heterocycles. The Balaban J connectivity index is 2.11. The van der Waals surface area contributed by atoms with Gasteiger partial charge in [0.25, 0.3) is 0 Å². The van der Waals surface area contributed by atoms with Crippen LogP contribution in [-0.2, 0) is 4.79 Å². The summed E-state index contributed by atoms with van der Waals surface area (Å²) in [7, 11) is 1.53. The Morgan fingerprint density at radius 1 is 1.56 bits per heavy atom. The summed E-state index contributed by atoms with van der Waals surface area (Å²) in [4.78, 5) is 11.9. The molecular weight excluding hydrogens is 228 g/mol. The second kappa shape index (κ2) is 5.54. The SMILES string of the molecule is COc1cccc(C#N)c1NC(=O)CC1CCC1. The molecule has 1 aliphatic rings. The molecule has 0 bridgehead atoms. The normalized spacial score (nSPS) is 14.4. The molecule has 2 rings (SSSR count). The van der Waals surface area contributed by atoms with Gasteiger partial charge >= 0.3 is 0 Å². The van der Waals surface area contributed by atoms with E-state index in [1.54, 1.807) is 18.2 Å². The largest absolute Gasteiger partial charge is 0.495 e. The number of rotatable bonds is 4. The van der Waals surface area contributed by atoms with Crippen LogP contribution in [-0.4, -0.2) is 13.0 Å². The molecule has 94 valence electrons. The van der Waals surface area contributed by atoms with Gasteiger partial charge in [-0.2, -0.15) is 5.26 Å². The van der Waals surface area contributed by atoms with Crippen LogP contribution >= 0.6 is 0 Å². The zero-order valence-electron chi connectivity index (χ0n) is 10.4. The number of hydrogen-bond acceptors (Lipinski definition) is 3. The maximum Gasteiger partial charge on any atom is 0.224 e. The van der Waals surface area contributed by atoms with Gasteiger partial charge in [-0.25, -0.2) is 0 Å². The van der Waals surface area contributed by atoms with Gasteiger partial charge in [-0.1, -0.05) is 12.5 Å². The smallest absolute Gasteiger partial charge is 0.224 e. The third kappa shape index (κ3) is 2.62. The molecule has 4 heteroatoms. The first-order chi connectivity index (χ1) is 8.74. The predicted molar refractivity (Wildman–Crippen MR) is 68.3 cm³/mol. The Hall–Kier alpha value is -2.02. The average molecular weight is 244 g/mol. The van der Waals surface area contributed by atoms with E-state index in [2.05, 4.69) is 11.4 Å². The molecule has 1 aliphatic carbocycles. The highest BCUT2D eigenvalue weighted by molar-refractivity contribution is 5.94. The molecule has 0 heterocycles. The van der Waals surface area contributed by atoms with E-state index in [9.17, 15) is 4.79 Å². The van der Waals surface area contributed by atoms with E-state index in [1.165, 1.54) is 13.5 Å². The van der Waals surface area contributed by atoms with Gasteiger partial charge in [-0.05, 0) is 30.9 Å². The zero-order valence-corrected chi connectivity index (χ0v) is 10.4. The summed E-state index contributed by atoms with van der Waals surface area (Å²) >= 11 is 0. The standard InChI is InChI=1S/C14H16N2O2/c1-18-12-7-3-6-11(9-15)14(12)16-13(17)8-10-4-2-5-10/h3,6-7,10H,2,4-5,8H2,1H3,(H,16,17). The number of carbonyl (C=O) groups is 1. The highest BCUT2D eigenvalue weighted by Crippen LogP contribution is 2.31. The van der Waals surface area contributed by atoms with Gasteiger partial charge in [0.1, 0.15) is 17.5 Å². The fourth-order valence-corrected chi connectivity index (χ4v) is 2.07. The molecule has 1 aromatic carbocycles. The summed E-state index contributed by atoms with van der Waals surface area (Å²) in [6, 6.07) is 7.20. The summed E-state index contributed by atoms with van der Waals surface area (Å²) in [6.45, 7) is 0. The number of methoxy groups -OCH3 is 1. The van der Waals surface area contributed by atoms with E-state index < -0.39 is 0 Å². The van der Waals surface area contributed by atoms with Crippen molar-refractivity contribution in [3.63, 3.8) is 0 Å². The Morgan fingerprint density at radius 3 is 2.89 bits per heavy atom. The van der Waals surface area contributed by atoms with Crippen molar-refractivity contribution in [3.05, 3.63) is 23.8 Å². The number of nitrogens with zero attached hydrogens (tertiary/aromatic N) is 1. The first kappa shape index (κ1) is 12.4. The van der Waals surface area contributed by atoms with E-state index >= 15 is 0 Å². The fraction of sp³-hybridized carbons (Fsp3) is 0.429. The quantitative estimate of drug-likeness (QED) is 0.885. The van der Waals surface area contributed by atoms with Crippen molar-refractivity contribution in [2.75, 3.05) is 12.4 Å². The van der Waals surface area contributed by atoms with Gasteiger partial charge in [-0.3, -0.25) is 4.79 Å². The summed E-state index contributed by atoms with van der Waals surface area (Å²) in [6.07, 6.45) is 4.01. The zero-order chi connectivity index (χ0) is 13.0. The number of anilines is 1. The van der Waals surface area contributed by atoms with Gasteiger partial charge in [0, 0.05) is 6.42 Å². The van der Waals surface area contributed by atoms with E-state index in [0.29, 0.717) is 29.3 Å². The van der Waals surface area contributed by atoms with Gasteiger partial charge in [0.05, 0.1) is 12.7 Å². The molecular formula is C14H16N2O2. The maximum atomic E-state index is 11.9. The van der Waals surface area contributed by atoms with Crippen molar-refractivity contribution in [3.8, 4) is 11.8 Å². The number of ether oxygens (including phenoxy) is 1. The van der Waals surface area contributed by atoms with Crippen molar-refractivity contribution < 1.29 is 9.53 Å². The number of nitriles is 1. The molecule has 1 fully saturated rings. The number of amides is 1. The first-order valence-electron chi connectivity index (χ1n) is 6.11. The summed E-state index contributed by atoms with van der Waals surface area (Å²) in [5.74, 6) is 0.988. The van der Waals surface area contributed by atoms with Crippen molar-refractivity contribution in [2.45, 2.75) is 25.7 Å². The van der Waals surface area contributed by atoms with Gasteiger partial charge in [0.2, 0.25) is 5.91 Å². The number of nitrogens with one attached hydrogen (secondary N) is 1. The fourth-order valence-electron chi connectivity index (χ4n) is 2.07. The topological polar surface area (TPSA) is 62.1 Å². The van der Waals surface area contributed by atoms with Crippen molar-refractivity contribution in [2.24, 2.45) is 5.92 Å². The molecule has 0 unspecified atom stereocenters. The molecule has 0 spiro atoms. The van der Waals surface area contributed by atoms with E-state index in [1.807, 2.05) is 0 Å². The van der Waals surface area contributed by atoms with Crippen molar-refractivity contribution in [1.82, 2.24) is 0 Å². The summed E-state index contributed by atoms with van der Waals surface area (Å²) < 4.78 is 5.17. The van der Waals surface area contributed by atoms with Crippen LogP contribution in [0, 0.1) is 17.2 Å². The van der Waals surface area contributed by atoms with Crippen LogP contribution in [0.5, 0.6) is 5.75 Å². The van der Waals surface area contributed by atoms with Crippen molar-refractivity contribution >= 4 is 11.6 Å². The molecule has 0 saturated heterocycles. The lowest BCUT2D eigenvalue weighted by Crippen LogP contribution is -2.21. The third-order valence-electron chi connectivity index (χ3n) is 3.33. The summed E-state index contributed by atoms with van der Waals surface area (Å²) in [5, 5.41) is 11.8. The number of para-hydroxylation sites is 1. The number of hydrogen-bond donors (Lipinski definition) is 1. The second-order valence-corrected chi connectivity index (χ2v) is 4.54. The first-order valence-corrected chi connectivity index (χ1v) is 6.11. The third-order valence-corrected chi connectivity index (χ3v) is 3.33. The minimum atomic E-state index is -0.0410. The Labute approximate surface area is 107 Å². The highest BCUT2D eigenvalue weighted by Gasteiger charge is 2.21. The molecule has 1 aromatic rings. The lowest BCUT2D eigenvalue weighted by atomic mass is 9.83. The molecule has 1 N–H and O–H groups in total. The molecule has 0 atom stereocenters. The second-order valence-electron chi connectivity index (χ2n) is 4.54. The van der Waals surface area contributed by atoms with Crippen molar-refractivity contribution in [1.29, 1.82) is 5.26 Å². The minimum absolute atomic E-state index is 0.0410. The van der Waals surface area contributed by atoms with Crippen LogP contribution < -0.4 is 10.1 Å². The van der Waals surface area contributed by atoms with Crippen LogP contribution in [0.25, 0.3) is 0 Å². The summed E-state index contributed by atoms with van der Waals surface area (Å²) in [5.41, 5.74) is 0.906. The Kier molecular flexibility index (Phi) is 3.83. The molecule has 1 amide bonds. The molecule has 1 saturated carbocycles. The van der Waals surface area contributed by atoms with Crippen LogP contribution in [0.3, 0.4) is 0 Å². The minimum Gasteiger partial charge on any atom is -0.495 e. The van der Waals surface area contributed by atoms with E-state index in [4.69, 9.17) is 10.00 Å². The lowest BCUT2D eigenvalue weighted by molar-refractivity contribution is -0.117. The predicted octanol–water partition coefficient (Wildman–Crippen LogP) is 2.70. The van der Waals surface area contributed by atoms with Crippen LogP contribution in [0.4, 0.5) is 5.69 Å². The van der Waals surface area contributed by atoms with Gasteiger partial charge < -0.3 is 10.1 Å². The number of benzene rings is 1. The Bertz CT molecular complexity index is 487. The highest BCUT2D eigenvalue weighted by atomic mass is 16.5. The lowest BCUT2D eigenvalue weighted by Gasteiger charge is -2.24. The molecule has 4 nitrogen and oxygen atoms in total. The van der Waals surface area contributed by atoms with Gasteiger partial charge in [0.15, 0.2) is 0 Å². The molecule has 18 heavy (non-hydrogen) atoms. The van der Waals surface area contributed by atoms with Gasteiger partial charge in [-0.15, -0.1) is 0 Å². The van der Waals surface area contributed by atoms with Crippen LogP contribution in [0.1, 0.15) is 31.2 Å². The van der Waals surface area contributed by atoms with E-state index in [0.717, 1.165) is 12.8 Å². The maximum absolute atomic E-state index is 11.9. The van der Waals surface area contributed by atoms with Crippen LogP contribution in [0.2, 0.25) is 0 Å². The average Bonchev–Trinajstić information content (AvgIpc) is 2.34. The van der Waals surface area contributed by atoms with Crippen LogP contribution in [0.15, 0.2) is 18.2 Å². The van der Waals surface area contributed by atoms with E-state index in [-0.39, 0.29) is 5.91 Å². The molecule has 0 aliphatic heterocycles. The Morgan fingerprint density at radius 2 is 2.33 bits per heavy atom. The molecule has 0 radical (unpaired) electrons. The monoisotopic (exact) mass is 244 g/mol. The number of carbonyl (C=O) groups excluding carboxylic acids is 1.